The molecule has 6 rings (SSSR count). The summed E-state index contributed by atoms with van der Waals surface area (Å²) in [6, 6.07) is 6.00. The number of pyridine rings is 1. The van der Waals surface area contributed by atoms with E-state index in [4.69, 9.17) is 5.10 Å². The van der Waals surface area contributed by atoms with Crippen molar-refractivity contribution in [2.45, 2.75) is 32.2 Å². The maximum Gasteiger partial charge on any atom is 0.226 e. The standard InChI is InChI=1S/C22H21N7O/c1-13-3-2-7-29-18(13)9-17(27-29)20-19-16(25-12-26-19)6-8-28(20)22-23-10-15(11-24-22)21(30)14-4-5-14/h2-3,7,9-12,14,20H,4-6,8H2,1H3,(H,25,26)/t20-/m1/s1. The molecule has 4 aromatic heterocycles. The molecule has 8 nitrogen and oxygen atoms in total. The summed E-state index contributed by atoms with van der Waals surface area (Å²) in [5, 5.41) is 4.84. The number of nitrogens with one attached hydrogen (secondary N) is 1. The molecule has 0 spiro atoms. The van der Waals surface area contributed by atoms with Crippen LogP contribution in [0.4, 0.5) is 5.95 Å². The van der Waals surface area contributed by atoms with Crippen molar-refractivity contribution in [3.63, 3.8) is 0 Å². The number of hydrogen-bond donors (Lipinski definition) is 1. The fourth-order valence-electron chi connectivity index (χ4n) is 4.28. The lowest BCUT2D eigenvalue weighted by molar-refractivity contribution is 0.0967. The first-order chi connectivity index (χ1) is 14.7. The SMILES string of the molecule is Cc1cccn2nc([C@@H]3c4nc[nH]c4CCN3c3ncc(C(=O)C4CC4)cn3)cc12. The Morgan fingerprint density at radius 1 is 1.20 bits per heavy atom. The number of fused-ring (bicyclic) bond motifs is 2. The van der Waals surface area contributed by atoms with E-state index in [1.165, 1.54) is 5.56 Å². The van der Waals surface area contributed by atoms with Crippen molar-refractivity contribution in [3.8, 4) is 0 Å². The first-order valence-corrected chi connectivity index (χ1v) is 10.3. The maximum absolute atomic E-state index is 12.3. The molecule has 2 aliphatic rings. The van der Waals surface area contributed by atoms with Gasteiger partial charge in [0, 0.05) is 43.2 Å². The number of aromatic amines is 1. The Labute approximate surface area is 173 Å². The number of aryl methyl sites for hydroxylation is 1. The second kappa shape index (κ2) is 6.48. The minimum atomic E-state index is -0.190. The molecule has 1 aliphatic heterocycles. The van der Waals surface area contributed by atoms with E-state index in [-0.39, 0.29) is 17.7 Å². The highest BCUT2D eigenvalue weighted by molar-refractivity contribution is 5.98. The Balaban J connectivity index is 1.42. The predicted molar refractivity (Wildman–Crippen MR) is 110 cm³/mol. The lowest BCUT2D eigenvalue weighted by Gasteiger charge is -2.33. The number of imidazole rings is 1. The molecule has 0 unspecified atom stereocenters. The highest BCUT2D eigenvalue weighted by Gasteiger charge is 2.35. The van der Waals surface area contributed by atoms with Crippen molar-refractivity contribution in [2.24, 2.45) is 5.92 Å². The summed E-state index contributed by atoms with van der Waals surface area (Å²) in [4.78, 5) is 31.4. The van der Waals surface area contributed by atoms with E-state index >= 15 is 0 Å². The number of carbonyl (C=O) groups excluding carboxylic acids is 1. The van der Waals surface area contributed by atoms with E-state index in [9.17, 15) is 4.79 Å². The summed E-state index contributed by atoms with van der Waals surface area (Å²) in [6.07, 6.45) is 9.79. The number of aromatic nitrogens is 6. The minimum absolute atomic E-state index is 0.155. The van der Waals surface area contributed by atoms with Gasteiger partial charge in [-0.15, -0.1) is 0 Å². The van der Waals surface area contributed by atoms with Gasteiger partial charge >= 0.3 is 0 Å². The average Bonchev–Trinajstić information content (AvgIpc) is 3.34. The zero-order valence-corrected chi connectivity index (χ0v) is 16.6. The number of hydrogen-bond acceptors (Lipinski definition) is 6. The van der Waals surface area contributed by atoms with Gasteiger partial charge in [-0.1, -0.05) is 6.07 Å². The van der Waals surface area contributed by atoms with Crippen molar-refractivity contribution >= 4 is 17.2 Å². The van der Waals surface area contributed by atoms with E-state index in [0.717, 1.165) is 48.4 Å². The molecular weight excluding hydrogens is 378 g/mol. The third kappa shape index (κ3) is 2.71. The van der Waals surface area contributed by atoms with Crippen molar-refractivity contribution in [1.29, 1.82) is 0 Å². The molecule has 0 saturated heterocycles. The van der Waals surface area contributed by atoms with Gasteiger partial charge in [0.15, 0.2) is 5.78 Å². The molecule has 0 aromatic carbocycles. The molecule has 1 saturated carbocycles. The van der Waals surface area contributed by atoms with Gasteiger partial charge < -0.3 is 9.88 Å². The van der Waals surface area contributed by atoms with Crippen LogP contribution in [0.15, 0.2) is 43.1 Å². The Hall–Kier alpha value is -3.55. The quantitative estimate of drug-likeness (QED) is 0.531. The molecule has 0 radical (unpaired) electrons. The highest BCUT2D eigenvalue weighted by atomic mass is 16.1. The number of Topliss-reactive ketones (excluding diaryl/α,β-unsaturated/α-hetero) is 1. The van der Waals surface area contributed by atoms with Gasteiger partial charge in [-0.05, 0) is 37.5 Å². The van der Waals surface area contributed by atoms with Crippen molar-refractivity contribution < 1.29 is 4.79 Å². The summed E-state index contributed by atoms with van der Waals surface area (Å²) in [5.41, 5.74) is 5.80. The smallest absolute Gasteiger partial charge is 0.226 e. The largest absolute Gasteiger partial charge is 0.348 e. The Morgan fingerprint density at radius 2 is 2.03 bits per heavy atom. The Kier molecular flexibility index (Phi) is 3.74. The van der Waals surface area contributed by atoms with Crippen LogP contribution in [-0.2, 0) is 6.42 Å². The van der Waals surface area contributed by atoms with Crippen LogP contribution in [0, 0.1) is 12.8 Å². The molecule has 4 aromatic rings. The summed E-state index contributed by atoms with van der Waals surface area (Å²) in [5.74, 6) is 0.909. The molecule has 1 fully saturated rings. The van der Waals surface area contributed by atoms with Gasteiger partial charge in [0.25, 0.3) is 0 Å². The summed E-state index contributed by atoms with van der Waals surface area (Å²) >= 11 is 0. The molecule has 1 aliphatic carbocycles. The summed E-state index contributed by atoms with van der Waals surface area (Å²) in [6.45, 7) is 2.82. The number of ketones is 1. The van der Waals surface area contributed by atoms with Gasteiger partial charge in [-0.3, -0.25) is 4.79 Å². The van der Waals surface area contributed by atoms with E-state index in [2.05, 4.69) is 43.9 Å². The second-order valence-electron chi connectivity index (χ2n) is 8.11. The molecule has 8 heteroatoms. The molecule has 1 N–H and O–H groups in total. The molecule has 0 bridgehead atoms. The summed E-state index contributed by atoms with van der Waals surface area (Å²) in [7, 11) is 0. The van der Waals surface area contributed by atoms with Crippen LogP contribution in [0.1, 0.15) is 51.9 Å². The first kappa shape index (κ1) is 17.3. The van der Waals surface area contributed by atoms with Crippen molar-refractivity contribution in [2.75, 3.05) is 11.4 Å². The number of rotatable bonds is 4. The Bertz CT molecular complexity index is 1250. The third-order valence-corrected chi connectivity index (χ3v) is 6.07. The van der Waals surface area contributed by atoms with Crippen LogP contribution >= 0.6 is 0 Å². The molecule has 5 heterocycles. The molecule has 150 valence electrons. The highest BCUT2D eigenvalue weighted by Crippen LogP contribution is 2.36. The van der Waals surface area contributed by atoms with Gasteiger partial charge in [0.05, 0.1) is 28.8 Å². The third-order valence-electron chi connectivity index (χ3n) is 6.07. The van der Waals surface area contributed by atoms with Crippen LogP contribution in [-0.4, -0.2) is 41.9 Å². The van der Waals surface area contributed by atoms with Crippen LogP contribution in [0.3, 0.4) is 0 Å². The fraction of sp³-hybridized carbons (Fsp3) is 0.318. The average molecular weight is 399 g/mol. The number of carbonyl (C=O) groups is 1. The van der Waals surface area contributed by atoms with Gasteiger partial charge in [0.2, 0.25) is 5.95 Å². The van der Waals surface area contributed by atoms with Crippen LogP contribution in [0.25, 0.3) is 5.52 Å². The zero-order valence-electron chi connectivity index (χ0n) is 16.6. The normalized spacial score (nSPS) is 18.6. The van der Waals surface area contributed by atoms with Gasteiger partial charge in [-0.2, -0.15) is 5.10 Å². The topological polar surface area (TPSA) is 92.1 Å². The Morgan fingerprint density at radius 3 is 2.80 bits per heavy atom. The number of nitrogens with zero attached hydrogens (tertiary/aromatic N) is 6. The fourth-order valence-corrected chi connectivity index (χ4v) is 4.28. The molecular formula is C22H21N7O. The lowest BCUT2D eigenvalue weighted by atomic mass is 10.00. The van der Waals surface area contributed by atoms with E-state index in [1.807, 2.05) is 16.8 Å². The second-order valence-corrected chi connectivity index (χ2v) is 8.11. The zero-order chi connectivity index (χ0) is 20.2. The van der Waals surface area contributed by atoms with Gasteiger partial charge in [-0.25, -0.2) is 19.5 Å². The van der Waals surface area contributed by atoms with E-state index in [0.29, 0.717) is 11.5 Å². The monoisotopic (exact) mass is 399 g/mol. The maximum atomic E-state index is 12.3. The van der Waals surface area contributed by atoms with Crippen LogP contribution in [0.5, 0.6) is 0 Å². The predicted octanol–water partition coefficient (Wildman–Crippen LogP) is 2.90. The van der Waals surface area contributed by atoms with Crippen LogP contribution in [0.2, 0.25) is 0 Å². The van der Waals surface area contributed by atoms with Crippen molar-refractivity contribution in [3.05, 3.63) is 71.3 Å². The first-order valence-electron chi connectivity index (χ1n) is 10.3. The van der Waals surface area contributed by atoms with Gasteiger partial charge in [0.1, 0.15) is 6.04 Å². The number of anilines is 1. The lowest BCUT2D eigenvalue weighted by Crippen LogP contribution is -2.37. The number of H-pyrrole nitrogens is 1. The van der Waals surface area contributed by atoms with Crippen molar-refractivity contribution in [1.82, 2.24) is 29.5 Å². The van der Waals surface area contributed by atoms with E-state index in [1.54, 1.807) is 18.7 Å². The van der Waals surface area contributed by atoms with E-state index < -0.39 is 0 Å². The minimum Gasteiger partial charge on any atom is -0.348 e. The molecule has 0 amide bonds. The van der Waals surface area contributed by atoms with Crippen LogP contribution < -0.4 is 4.90 Å². The molecule has 30 heavy (non-hydrogen) atoms. The summed E-state index contributed by atoms with van der Waals surface area (Å²) < 4.78 is 1.90. The molecule has 1 atom stereocenters.